The molecule has 2 rings (SSSR count). The van der Waals surface area contributed by atoms with Crippen LogP contribution in [-0.4, -0.2) is 15.8 Å². The van der Waals surface area contributed by atoms with E-state index >= 15 is 0 Å². The Morgan fingerprint density at radius 3 is 2.41 bits per heavy atom. The summed E-state index contributed by atoms with van der Waals surface area (Å²) in [5.74, 6) is -3.44. The normalized spacial score (nSPS) is 10.3. The molecule has 0 fully saturated rings. The van der Waals surface area contributed by atoms with Crippen LogP contribution in [0.5, 0.6) is 0 Å². The Hall–Kier alpha value is -2.31. The summed E-state index contributed by atoms with van der Waals surface area (Å²) in [6.07, 6.45) is 2.63. The Labute approximate surface area is 93.7 Å². The van der Waals surface area contributed by atoms with Crippen molar-refractivity contribution in [2.24, 2.45) is 0 Å². The SMILES string of the molecule is O=C(Nc1c(F)cc(F)cc1F)n1cccn1. The molecule has 88 valence electrons. The van der Waals surface area contributed by atoms with Crippen molar-refractivity contribution in [3.63, 3.8) is 0 Å². The van der Waals surface area contributed by atoms with Crippen molar-refractivity contribution >= 4 is 11.7 Å². The lowest BCUT2D eigenvalue weighted by atomic mass is 10.3. The molecule has 0 atom stereocenters. The molecule has 0 aliphatic heterocycles. The second-order valence-corrected chi connectivity index (χ2v) is 3.13. The van der Waals surface area contributed by atoms with Crippen molar-refractivity contribution in [2.75, 3.05) is 5.32 Å². The number of nitrogens with zero attached hydrogens (tertiary/aromatic N) is 2. The highest BCUT2D eigenvalue weighted by atomic mass is 19.1. The molecule has 1 heterocycles. The van der Waals surface area contributed by atoms with Crippen LogP contribution >= 0.6 is 0 Å². The molecule has 0 radical (unpaired) electrons. The van der Waals surface area contributed by atoms with Gasteiger partial charge >= 0.3 is 6.03 Å². The van der Waals surface area contributed by atoms with Gasteiger partial charge in [0.1, 0.15) is 11.5 Å². The van der Waals surface area contributed by atoms with E-state index in [0.717, 1.165) is 4.68 Å². The van der Waals surface area contributed by atoms with E-state index in [4.69, 9.17) is 0 Å². The third kappa shape index (κ3) is 2.27. The zero-order chi connectivity index (χ0) is 12.4. The zero-order valence-electron chi connectivity index (χ0n) is 8.32. The van der Waals surface area contributed by atoms with Crippen LogP contribution in [0.25, 0.3) is 0 Å². The average molecular weight is 241 g/mol. The van der Waals surface area contributed by atoms with Crippen molar-refractivity contribution in [2.45, 2.75) is 0 Å². The largest absolute Gasteiger partial charge is 0.346 e. The fourth-order valence-corrected chi connectivity index (χ4v) is 1.21. The summed E-state index contributed by atoms with van der Waals surface area (Å²) in [5.41, 5.74) is -0.716. The lowest BCUT2D eigenvalue weighted by Crippen LogP contribution is -2.21. The summed E-state index contributed by atoms with van der Waals surface area (Å²) in [6, 6.07) is 1.57. The number of halogens is 3. The molecule has 0 aliphatic carbocycles. The minimum Gasteiger partial charge on any atom is -0.301 e. The van der Waals surface area contributed by atoms with Gasteiger partial charge in [0.2, 0.25) is 0 Å². The fraction of sp³-hybridized carbons (Fsp3) is 0. The molecule has 1 aromatic heterocycles. The van der Waals surface area contributed by atoms with Crippen molar-refractivity contribution in [1.82, 2.24) is 9.78 Å². The Bertz CT molecular complexity index is 531. The maximum absolute atomic E-state index is 13.2. The summed E-state index contributed by atoms with van der Waals surface area (Å²) >= 11 is 0. The molecule has 1 N–H and O–H groups in total. The number of rotatable bonds is 1. The van der Waals surface area contributed by atoms with Gasteiger partial charge in [-0.3, -0.25) is 0 Å². The first-order valence-corrected chi connectivity index (χ1v) is 4.53. The topological polar surface area (TPSA) is 46.9 Å². The van der Waals surface area contributed by atoms with Gasteiger partial charge in [-0.1, -0.05) is 0 Å². The number of anilines is 1. The van der Waals surface area contributed by atoms with Crippen LogP contribution in [-0.2, 0) is 0 Å². The first kappa shape index (κ1) is 11.2. The quantitative estimate of drug-likeness (QED) is 0.833. The molecule has 4 nitrogen and oxygen atoms in total. The van der Waals surface area contributed by atoms with E-state index in [1.165, 1.54) is 18.5 Å². The average Bonchev–Trinajstić information content (AvgIpc) is 2.76. The Morgan fingerprint density at radius 1 is 1.24 bits per heavy atom. The predicted molar refractivity (Wildman–Crippen MR) is 53.0 cm³/mol. The minimum atomic E-state index is -1.19. The highest BCUT2D eigenvalue weighted by molar-refractivity contribution is 5.90. The van der Waals surface area contributed by atoms with E-state index in [1.807, 2.05) is 5.32 Å². The third-order valence-electron chi connectivity index (χ3n) is 1.95. The summed E-state index contributed by atoms with van der Waals surface area (Å²) in [6.45, 7) is 0. The molecular weight excluding hydrogens is 235 g/mol. The lowest BCUT2D eigenvalue weighted by Gasteiger charge is -2.07. The van der Waals surface area contributed by atoms with Crippen LogP contribution in [0.2, 0.25) is 0 Å². The van der Waals surface area contributed by atoms with E-state index in [2.05, 4.69) is 5.10 Å². The number of aromatic nitrogens is 2. The van der Waals surface area contributed by atoms with E-state index in [9.17, 15) is 18.0 Å². The van der Waals surface area contributed by atoms with Crippen molar-refractivity contribution in [3.05, 3.63) is 48.0 Å². The molecule has 0 aliphatic rings. The number of benzene rings is 1. The number of nitrogens with one attached hydrogen (secondary N) is 1. The fourth-order valence-electron chi connectivity index (χ4n) is 1.21. The second kappa shape index (κ2) is 4.28. The molecule has 0 saturated carbocycles. The van der Waals surface area contributed by atoms with Crippen molar-refractivity contribution in [3.8, 4) is 0 Å². The maximum atomic E-state index is 13.2. The van der Waals surface area contributed by atoms with Crippen LogP contribution in [0.3, 0.4) is 0 Å². The number of hydrogen-bond donors (Lipinski definition) is 1. The summed E-state index contributed by atoms with van der Waals surface area (Å²) < 4.78 is 39.8. The molecule has 0 spiro atoms. The molecule has 0 saturated heterocycles. The van der Waals surface area contributed by atoms with Gasteiger partial charge in [0.15, 0.2) is 11.6 Å². The monoisotopic (exact) mass is 241 g/mol. The zero-order valence-corrected chi connectivity index (χ0v) is 8.32. The highest BCUT2D eigenvalue weighted by Crippen LogP contribution is 2.20. The van der Waals surface area contributed by atoms with Crippen LogP contribution in [0.1, 0.15) is 0 Å². The second-order valence-electron chi connectivity index (χ2n) is 3.13. The molecular formula is C10H6F3N3O. The Balaban J connectivity index is 2.28. The molecule has 1 aromatic carbocycles. The van der Waals surface area contributed by atoms with Gasteiger partial charge in [-0.15, -0.1) is 0 Å². The van der Waals surface area contributed by atoms with Gasteiger partial charge in [0, 0.05) is 24.5 Å². The highest BCUT2D eigenvalue weighted by Gasteiger charge is 2.15. The lowest BCUT2D eigenvalue weighted by molar-refractivity contribution is 0.250. The summed E-state index contributed by atoms with van der Waals surface area (Å²) in [5, 5.41) is 5.53. The van der Waals surface area contributed by atoms with Crippen LogP contribution in [0.15, 0.2) is 30.6 Å². The summed E-state index contributed by atoms with van der Waals surface area (Å²) in [4.78, 5) is 11.4. The van der Waals surface area contributed by atoms with Crippen LogP contribution in [0.4, 0.5) is 23.7 Å². The molecule has 0 bridgehead atoms. The van der Waals surface area contributed by atoms with Crippen LogP contribution < -0.4 is 5.32 Å². The minimum absolute atomic E-state index is 0.474. The van der Waals surface area contributed by atoms with E-state index in [0.29, 0.717) is 12.1 Å². The maximum Gasteiger partial charge on any atom is 0.346 e. The predicted octanol–water partition coefficient (Wildman–Crippen LogP) is 2.38. The van der Waals surface area contributed by atoms with Crippen molar-refractivity contribution < 1.29 is 18.0 Å². The van der Waals surface area contributed by atoms with Crippen molar-refractivity contribution in [1.29, 1.82) is 0 Å². The Morgan fingerprint density at radius 2 is 1.88 bits per heavy atom. The first-order chi connectivity index (χ1) is 8.08. The molecule has 17 heavy (non-hydrogen) atoms. The van der Waals surface area contributed by atoms with Gasteiger partial charge in [-0.2, -0.15) is 9.78 Å². The number of amides is 1. The smallest absolute Gasteiger partial charge is 0.301 e. The van der Waals surface area contributed by atoms with Crippen LogP contribution in [0, 0.1) is 17.5 Å². The van der Waals surface area contributed by atoms with Gasteiger partial charge in [0.25, 0.3) is 0 Å². The molecule has 1 amide bonds. The number of carbonyl (C=O) groups excluding carboxylic acids is 1. The summed E-state index contributed by atoms with van der Waals surface area (Å²) in [7, 11) is 0. The van der Waals surface area contributed by atoms with Gasteiger partial charge < -0.3 is 5.32 Å². The van der Waals surface area contributed by atoms with Gasteiger partial charge in [-0.25, -0.2) is 18.0 Å². The van der Waals surface area contributed by atoms with E-state index in [-0.39, 0.29) is 0 Å². The van der Waals surface area contributed by atoms with E-state index < -0.39 is 29.2 Å². The van der Waals surface area contributed by atoms with Gasteiger partial charge in [-0.05, 0) is 6.07 Å². The third-order valence-corrected chi connectivity index (χ3v) is 1.95. The molecule has 7 heteroatoms. The number of hydrogen-bond acceptors (Lipinski definition) is 2. The van der Waals surface area contributed by atoms with E-state index in [1.54, 1.807) is 0 Å². The van der Waals surface area contributed by atoms with Gasteiger partial charge in [0.05, 0.1) is 0 Å². The standard InChI is InChI=1S/C10H6F3N3O/c11-6-4-7(12)9(8(13)5-6)15-10(17)16-3-1-2-14-16/h1-5H,(H,15,17). The Kier molecular flexibility index (Phi) is 2.82. The number of carbonyl (C=O) groups is 1. The molecule has 0 unspecified atom stereocenters. The molecule has 2 aromatic rings. The first-order valence-electron chi connectivity index (χ1n) is 4.53.